The molecule has 9 heteroatoms. The molecule has 0 bridgehead atoms. The standard InChI is InChI=1S/C15H13Cl3N4O2/c1-6-4-8(6)9-3-2-7(24-9)5-20-22-15(23)13-10(16)12(19)11(17)14(18)21-13/h2-3,5-6,8H,4H2,1H3,(H2,19,21)(H,22,23)/b20-5+/t6-,8+/m1/s1. The van der Waals surface area contributed by atoms with Crippen LogP contribution in [0.4, 0.5) is 5.69 Å². The summed E-state index contributed by atoms with van der Waals surface area (Å²) >= 11 is 17.6. The molecule has 2 atom stereocenters. The Kier molecular flexibility index (Phi) is 4.71. The van der Waals surface area contributed by atoms with Gasteiger partial charge in [-0.1, -0.05) is 41.7 Å². The van der Waals surface area contributed by atoms with Gasteiger partial charge in [0.25, 0.3) is 5.91 Å². The molecule has 1 saturated carbocycles. The van der Waals surface area contributed by atoms with Gasteiger partial charge in [-0.3, -0.25) is 4.79 Å². The molecule has 0 spiro atoms. The van der Waals surface area contributed by atoms with Crippen molar-refractivity contribution >= 4 is 52.6 Å². The average molecular weight is 388 g/mol. The Bertz CT molecular complexity index is 834. The van der Waals surface area contributed by atoms with Crippen molar-refractivity contribution < 1.29 is 9.21 Å². The molecule has 1 aliphatic rings. The molecule has 126 valence electrons. The number of rotatable bonds is 4. The van der Waals surface area contributed by atoms with E-state index in [1.165, 1.54) is 6.21 Å². The Morgan fingerprint density at radius 3 is 2.79 bits per heavy atom. The number of aromatic nitrogens is 1. The van der Waals surface area contributed by atoms with Gasteiger partial charge >= 0.3 is 0 Å². The molecule has 1 aliphatic carbocycles. The fraction of sp³-hybridized carbons (Fsp3) is 0.267. The second-order valence-electron chi connectivity index (χ2n) is 5.55. The van der Waals surface area contributed by atoms with E-state index in [0.29, 0.717) is 17.6 Å². The van der Waals surface area contributed by atoms with E-state index in [0.717, 1.165) is 12.2 Å². The van der Waals surface area contributed by atoms with Crippen molar-refractivity contribution in [2.24, 2.45) is 11.0 Å². The summed E-state index contributed by atoms with van der Waals surface area (Å²) in [6.45, 7) is 2.17. The van der Waals surface area contributed by atoms with Crippen LogP contribution in [0, 0.1) is 5.92 Å². The molecule has 0 radical (unpaired) electrons. The molecule has 0 saturated heterocycles. The summed E-state index contributed by atoms with van der Waals surface area (Å²) in [6, 6.07) is 3.70. The number of pyridine rings is 1. The lowest BCUT2D eigenvalue weighted by molar-refractivity contribution is 0.0950. The topological polar surface area (TPSA) is 93.5 Å². The second kappa shape index (κ2) is 6.63. The highest BCUT2D eigenvalue weighted by atomic mass is 35.5. The summed E-state index contributed by atoms with van der Waals surface area (Å²) in [6.07, 6.45) is 2.52. The summed E-state index contributed by atoms with van der Waals surface area (Å²) in [7, 11) is 0. The Labute approximate surface area is 153 Å². The zero-order valence-corrected chi connectivity index (χ0v) is 14.8. The number of hydrazone groups is 1. The van der Waals surface area contributed by atoms with Crippen LogP contribution in [0.1, 0.15) is 41.3 Å². The summed E-state index contributed by atoms with van der Waals surface area (Å²) in [5.41, 5.74) is 7.79. The third-order valence-electron chi connectivity index (χ3n) is 3.77. The number of furan rings is 1. The van der Waals surface area contributed by atoms with Crippen LogP contribution in [0.15, 0.2) is 21.7 Å². The molecular weight excluding hydrogens is 375 g/mol. The van der Waals surface area contributed by atoms with E-state index in [-0.39, 0.29) is 26.6 Å². The van der Waals surface area contributed by atoms with Gasteiger partial charge in [0.2, 0.25) is 0 Å². The van der Waals surface area contributed by atoms with Crippen LogP contribution >= 0.6 is 34.8 Å². The van der Waals surface area contributed by atoms with Gasteiger partial charge in [-0.2, -0.15) is 5.10 Å². The van der Waals surface area contributed by atoms with Crippen molar-refractivity contribution in [1.29, 1.82) is 0 Å². The van der Waals surface area contributed by atoms with Gasteiger partial charge in [-0.05, 0) is 24.5 Å². The van der Waals surface area contributed by atoms with Crippen molar-refractivity contribution in [2.75, 3.05) is 5.73 Å². The van der Waals surface area contributed by atoms with Gasteiger partial charge in [0, 0.05) is 5.92 Å². The number of amides is 1. The number of hydrogen-bond acceptors (Lipinski definition) is 5. The number of hydrogen-bond donors (Lipinski definition) is 2. The lowest BCUT2D eigenvalue weighted by Crippen LogP contribution is -2.20. The zero-order valence-electron chi connectivity index (χ0n) is 12.5. The average Bonchev–Trinajstić information content (AvgIpc) is 3.09. The molecule has 3 rings (SSSR count). The Balaban J connectivity index is 1.68. The highest BCUT2D eigenvalue weighted by molar-refractivity contribution is 6.46. The predicted molar refractivity (Wildman–Crippen MR) is 94.0 cm³/mol. The number of nitrogens with zero attached hydrogens (tertiary/aromatic N) is 2. The van der Waals surface area contributed by atoms with Gasteiger partial charge in [0.1, 0.15) is 16.5 Å². The van der Waals surface area contributed by atoms with Crippen LogP contribution in [-0.4, -0.2) is 17.1 Å². The van der Waals surface area contributed by atoms with Crippen LogP contribution in [0.3, 0.4) is 0 Å². The van der Waals surface area contributed by atoms with Crippen LogP contribution < -0.4 is 11.2 Å². The minimum absolute atomic E-state index is 0.000799. The molecule has 24 heavy (non-hydrogen) atoms. The monoisotopic (exact) mass is 386 g/mol. The van der Waals surface area contributed by atoms with Crippen molar-refractivity contribution in [3.05, 3.63) is 44.5 Å². The van der Waals surface area contributed by atoms with E-state index in [2.05, 4.69) is 22.4 Å². The normalized spacial score (nSPS) is 19.7. The second-order valence-corrected chi connectivity index (χ2v) is 6.67. The van der Waals surface area contributed by atoms with E-state index >= 15 is 0 Å². The largest absolute Gasteiger partial charge is 0.460 e. The molecule has 2 heterocycles. The van der Waals surface area contributed by atoms with Crippen LogP contribution in [0.5, 0.6) is 0 Å². The number of nitrogens with two attached hydrogens (primary N) is 1. The molecule has 0 unspecified atom stereocenters. The fourth-order valence-corrected chi connectivity index (χ4v) is 2.84. The number of nitrogens with one attached hydrogen (secondary N) is 1. The molecule has 0 aromatic carbocycles. The fourth-order valence-electron chi connectivity index (χ4n) is 2.24. The minimum Gasteiger partial charge on any atom is -0.460 e. The SMILES string of the molecule is C[C@@H]1C[C@@H]1c1ccc(/C=N/NC(=O)c2nc(Cl)c(Cl)c(N)c2Cl)o1. The lowest BCUT2D eigenvalue weighted by Gasteiger charge is -2.07. The summed E-state index contributed by atoms with van der Waals surface area (Å²) < 4.78 is 5.64. The Hall–Kier alpha value is -1.76. The van der Waals surface area contributed by atoms with Crippen LogP contribution in [0.2, 0.25) is 15.2 Å². The number of carbonyl (C=O) groups excluding carboxylic acids is 1. The first-order valence-corrected chi connectivity index (χ1v) is 8.25. The zero-order chi connectivity index (χ0) is 17.4. The van der Waals surface area contributed by atoms with E-state index in [1.54, 1.807) is 6.07 Å². The molecule has 0 aliphatic heterocycles. The highest BCUT2D eigenvalue weighted by Crippen LogP contribution is 2.47. The van der Waals surface area contributed by atoms with Gasteiger partial charge in [-0.15, -0.1) is 0 Å². The maximum Gasteiger partial charge on any atom is 0.291 e. The summed E-state index contributed by atoms with van der Waals surface area (Å²) in [5, 5.41) is 3.63. The Morgan fingerprint density at radius 2 is 2.12 bits per heavy atom. The highest BCUT2D eigenvalue weighted by Gasteiger charge is 2.36. The third kappa shape index (κ3) is 3.36. The summed E-state index contributed by atoms with van der Waals surface area (Å²) in [4.78, 5) is 15.9. The smallest absolute Gasteiger partial charge is 0.291 e. The van der Waals surface area contributed by atoms with E-state index in [9.17, 15) is 4.79 Å². The number of anilines is 1. The predicted octanol–water partition coefficient (Wildman–Crippen LogP) is 4.10. The van der Waals surface area contributed by atoms with Gasteiger partial charge in [0.15, 0.2) is 10.8 Å². The Morgan fingerprint density at radius 1 is 1.42 bits per heavy atom. The molecule has 2 aromatic heterocycles. The van der Waals surface area contributed by atoms with Crippen LogP contribution in [0.25, 0.3) is 0 Å². The molecule has 1 fully saturated rings. The maximum absolute atomic E-state index is 12.1. The van der Waals surface area contributed by atoms with Crippen molar-refractivity contribution in [3.63, 3.8) is 0 Å². The first kappa shape index (κ1) is 17.1. The first-order chi connectivity index (χ1) is 11.4. The first-order valence-electron chi connectivity index (χ1n) is 7.11. The number of nitrogen functional groups attached to an aromatic ring is 1. The van der Waals surface area contributed by atoms with Crippen molar-refractivity contribution in [1.82, 2.24) is 10.4 Å². The third-order valence-corrected chi connectivity index (χ3v) is 4.90. The minimum atomic E-state index is -0.663. The van der Waals surface area contributed by atoms with Crippen LogP contribution in [-0.2, 0) is 0 Å². The quantitative estimate of drug-likeness (QED) is 0.469. The lowest BCUT2D eigenvalue weighted by atomic mass is 10.3. The molecule has 1 amide bonds. The van der Waals surface area contributed by atoms with E-state index in [1.807, 2.05) is 6.07 Å². The maximum atomic E-state index is 12.1. The number of carbonyl (C=O) groups is 1. The van der Waals surface area contributed by atoms with Gasteiger partial charge in [0.05, 0.1) is 16.9 Å². The van der Waals surface area contributed by atoms with Crippen molar-refractivity contribution in [2.45, 2.75) is 19.3 Å². The molecule has 3 N–H and O–H groups in total. The summed E-state index contributed by atoms with van der Waals surface area (Å²) in [5.74, 6) is 1.93. The van der Waals surface area contributed by atoms with E-state index < -0.39 is 5.91 Å². The van der Waals surface area contributed by atoms with E-state index in [4.69, 9.17) is 45.0 Å². The number of halogens is 3. The molecular formula is C15H13Cl3N4O2. The molecule has 6 nitrogen and oxygen atoms in total. The van der Waals surface area contributed by atoms with Gasteiger partial charge in [-0.25, -0.2) is 10.4 Å². The van der Waals surface area contributed by atoms with Gasteiger partial charge < -0.3 is 10.2 Å². The van der Waals surface area contributed by atoms with Crippen molar-refractivity contribution in [3.8, 4) is 0 Å². The molecule has 2 aromatic rings.